The van der Waals surface area contributed by atoms with Crippen LogP contribution < -0.4 is 10.6 Å². The monoisotopic (exact) mass is 426 g/mol. The molecule has 0 saturated heterocycles. The van der Waals surface area contributed by atoms with Crippen molar-refractivity contribution in [3.63, 3.8) is 0 Å². The molecule has 0 radical (unpaired) electrons. The maximum atomic E-state index is 12.5. The van der Waals surface area contributed by atoms with E-state index in [0.717, 1.165) is 24.8 Å². The third-order valence-corrected chi connectivity index (χ3v) is 8.69. The van der Waals surface area contributed by atoms with Gasteiger partial charge < -0.3 is 15.7 Å². The summed E-state index contributed by atoms with van der Waals surface area (Å²) in [6, 6.07) is 4.21. The first-order valence-electron chi connectivity index (χ1n) is 8.77. The molecule has 1 aromatic heterocycles. The van der Waals surface area contributed by atoms with Crippen LogP contribution in [0.5, 0.6) is 5.75 Å². The zero-order chi connectivity index (χ0) is 19.2. The molecule has 6 nitrogen and oxygen atoms in total. The van der Waals surface area contributed by atoms with Crippen molar-refractivity contribution in [3.8, 4) is 5.75 Å². The highest BCUT2D eigenvalue weighted by Gasteiger charge is 2.40. The number of halogens is 1. The van der Waals surface area contributed by atoms with Crippen molar-refractivity contribution in [1.82, 2.24) is 5.32 Å². The maximum Gasteiger partial charge on any atom is 0.319 e. The molecule has 1 heterocycles. The lowest BCUT2D eigenvalue weighted by atomic mass is 9.94. The molecule has 0 spiro atoms. The van der Waals surface area contributed by atoms with Crippen LogP contribution in [0.3, 0.4) is 0 Å². The SMILES string of the molecule is O=C(Nc1ccc(Cl)c(S(=O)(=O)C2CC2)c1O)N[C@H]1CCCc2sccc21. The molecule has 2 amide bonds. The fourth-order valence-electron chi connectivity index (χ4n) is 3.42. The number of sulfone groups is 1. The zero-order valence-corrected chi connectivity index (χ0v) is 16.8. The Morgan fingerprint density at radius 2 is 2.00 bits per heavy atom. The Labute approximate surface area is 166 Å². The number of phenolic OH excluding ortho intramolecular Hbond substituents is 1. The molecule has 4 rings (SSSR count). The van der Waals surface area contributed by atoms with Gasteiger partial charge in [0.05, 0.1) is 22.0 Å². The van der Waals surface area contributed by atoms with Crippen molar-refractivity contribution in [1.29, 1.82) is 0 Å². The van der Waals surface area contributed by atoms with Crippen LogP contribution in [0.25, 0.3) is 0 Å². The van der Waals surface area contributed by atoms with E-state index >= 15 is 0 Å². The minimum Gasteiger partial charge on any atom is -0.504 e. The molecule has 1 aromatic carbocycles. The molecule has 1 saturated carbocycles. The lowest BCUT2D eigenvalue weighted by Crippen LogP contribution is -2.34. The summed E-state index contributed by atoms with van der Waals surface area (Å²) < 4.78 is 25.1. The normalized spacial score (nSPS) is 19.4. The van der Waals surface area contributed by atoms with E-state index in [2.05, 4.69) is 10.6 Å². The van der Waals surface area contributed by atoms with Crippen molar-refractivity contribution in [2.45, 2.75) is 48.3 Å². The average molecular weight is 427 g/mol. The lowest BCUT2D eigenvalue weighted by molar-refractivity contribution is 0.247. The summed E-state index contributed by atoms with van der Waals surface area (Å²) >= 11 is 7.71. The molecular weight excluding hydrogens is 408 g/mol. The Bertz CT molecular complexity index is 999. The van der Waals surface area contributed by atoms with Gasteiger partial charge in [-0.2, -0.15) is 0 Å². The van der Waals surface area contributed by atoms with Gasteiger partial charge in [-0.3, -0.25) is 0 Å². The summed E-state index contributed by atoms with van der Waals surface area (Å²) in [6.07, 6.45) is 3.97. The highest BCUT2D eigenvalue weighted by Crippen LogP contribution is 2.43. The quantitative estimate of drug-likeness (QED) is 0.637. The minimum absolute atomic E-state index is 0.0254. The van der Waals surface area contributed by atoms with Crippen molar-refractivity contribution in [2.75, 3.05) is 5.32 Å². The Balaban J connectivity index is 1.54. The molecule has 144 valence electrons. The molecule has 0 bridgehead atoms. The topological polar surface area (TPSA) is 95.5 Å². The second-order valence-corrected chi connectivity index (χ2v) is 10.4. The number of aromatic hydroxyl groups is 1. The average Bonchev–Trinajstić information content (AvgIpc) is 3.36. The number of nitrogens with one attached hydrogen (secondary N) is 2. The number of hydrogen-bond donors (Lipinski definition) is 3. The molecule has 3 N–H and O–H groups in total. The van der Waals surface area contributed by atoms with Crippen LogP contribution in [0, 0.1) is 0 Å². The van der Waals surface area contributed by atoms with Crippen molar-refractivity contribution in [3.05, 3.63) is 39.0 Å². The molecule has 0 aliphatic heterocycles. The van der Waals surface area contributed by atoms with E-state index in [0.29, 0.717) is 12.8 Å². The van der Waals surface area contributed by atoms with Gasteiger partial charge in [0, 0.05) is 4.88 Å². The fourth-order valence-corrected chi connectivity index (χ4v) is 6.69. The number of benzene rings is 1. The largest absolute Gasteiger partial charge is 0.504 e. The Morgan fingerprint density at radius 1 is 1.22 bits per heavy atom. The van der Waals surface area contributed by atoms with Crippen LogP contribution in [0.15, 0.2) is 28.5 Å². The summed E-state index contributed by atoms with van der Waals surface area (Å²) in [4.78, 5) is 13.4. The number of thiophene rings is 1. The second-order valence-electron chi connectivity index (χ2n) is 6.86. The zero-order valence-electron chi connectivity index (χ0n) is 14.4. The lowest BCUT2D eigenvalue weighted by Gasteiger charge is -2.24. The fraction of sp³-hybridized carbons (Fsp3) is 0.389. The minimum atomic E-state index is -3.70. The summed E-state index contributed by atoms with van der Waals surface area (Å²) in [7, 11) is -3.70. The number of aryl methyl sites for hydroxylation is 1. The molecular formula is C18H19ClN2O4S2. The molecule has 27 heavy (non-hydrogen) atoms. The van der Waals surface area contributed by atoms with Crippen LogP contribution in [-0.2, 0) is 16.3 Å². The van der Waals surface area contributed by atoms with Crippen LogP contribution in [-0.4, -0.2) is 24.8 Å². The molecule has 2 aromatic rings. The van der Waals surface area contributed by atoms with Gasteiger partial charge in [-0.1, -0.05) is 11.6 Å². The highest BCUT2D eigenvalue weighted by atomic mass is 35.5. The predicted molar refractivity (Wildman–Crippen MR) is 105 cm³/mol. The van der Waals surface area contributed by atoms with Gasteiger partial charge in [0.25, 0.3) is 0 Å². The van der Waals surface area contributed by atoms with Gasteiger partial charge in [-0.25, -0.2) is 13.2 Å². The number of rotatable bonds is 4. The first-order chi connectivity index (χ1) is 12.9. The third-order valence-electron chi connectivity index (χ3n) is 4.94. The standard InChI is InChI=1S/C18H19ClN2O4S2/c19-12-6-7-14(16(22)17(12)27(24,25)10-4-5-10)21-18(23)20-13-2-1-3-15-11(13)8-9-26-15/h6-10,13,22H,1-5H2,(H2,20,21,23)/t13-/m0/s1. The Hall–Kier alpha value is -1.77. The van der Waals surface area contributed by atoms with Crippen molar-refractivity contribution in [2.24, 2.45) is 0 Å². The van der Waals surface area contributed by atoms with Crippen LogP contribution in [0.2, 0.25) is 5.02 Å². The Kier molecular flexibility index (Phi) is 4.82. The summed E-state index contributed by atoms with van der Waals surface area (Å²) in [5.41, 5.74) is 1.15. The molecule has 9 heteroatoms. The molecule has 2 aliphatic rings. The predicted octanol–water partition coefficient (Wildman–Crippen LogP) is 4.24. The second kappa shape index (κ2) is 7.00. The third kappa shape index (κ3) is 3.53. The molecule has 1 atom stereocenters. The Morgan fingerprint density at radius 3 is 2.74 bits per heavy atom. The number of anilines is 1. The number of urea groups is 1. The van der Waals surface area contributed by atoms with Gasteiger partial charge in [0.1, 0.15) is 4.90 Å². The summed E-state index contributed by atoms with van der Waals surface area (Å²) in [5, 5.41) is 17.4. The van der Waals surface area contributed by atoms with E-state index in [1.165, 1.54) is 17.0 Å². The van der Waals surface area contributed by atoms with Gasteiger partial charge in [0.15, 0.2) is 15.6 Å². The summed E-state index contributed by atoms with van der Waals surface area (Å²) in [5.74, 6) is -0.510. The maximum absolute atomic E-state index is 12.5. The van der Waals surface area contributed by atoms with Crippen molar-refractivity contribution >= 4 is 44.5 Å². The summed E-state index contributed by atoms with van der Waals surface area (Å²) in [6.45, 7) is 0. The number of hydrogen-bond acceptors (Lipinski definition) is 5. The van der Waals surface area contributed by atoms with E-state index < -0.39 is 26.9 Å². The van der Waals surface area contributed by atoms with Gasteiger partial charge in [-0.05, 0) is 61.2 Å². The smallest absolute Gasteiger partial charge is 0.319 e. The van der Waals surface area contributed by atoms with Crippen LogP contribution in [0.4, 0.5) is 10.5 Å². The van der Waals surface area contributed by atoms with E-state index in [-0.39, 0.29) is 21.6 Å². The van der Waals surface area contributed by atoms with Crippen molar-refractivity contribution < 1.29 is 18.3 Å². The van der Waals surface area contributed by atoms with E-state index in [1.807, 2.05) is 11.4 Å². The molecule has 1 fully saturated rings. The van der Waals surface area contributed by atoms with Crippen LogP contribution >= 0.6 is 22.9 Å². The first kappa shape index (κ1) is 18.6. The van der Waals surface area contributed by atoms with E-state index in [4.69, 9.17) is 11.6 Å². The molecule has 2 aliphatic carbocycles. The number of fused-ring (bicyclic) bond motifs is 1. The molecule has 0 unspecified atom stereocenters. The van der Waals surface area contributed by atoms with E-state index in [1.54, 1.807) is 11.3 Å². The first-order valence-corrected chi connectivity index (χ1v) is 11.6. The van der Waals surface area contributed by atoms with Gasteiger partial charge in [-0.15, -0.1) is 11.3 Å². The van der Waals surface area contributed by atoms with Crippen LogP contribution in [0.1, 0.15) is 42.2 Å². The number of phenols is 1. The number of amides is 2. The number of carbonyl (C=O) groups is 1. The number of carbonyl (C=O) groups excluding carboxylic acids is 1. The van der Waals surface area contributed by atoms with Gasteiger partial charge in [0.2, 0.25) is 0 Å². The highest BCUT2D eigenvalue weighted by molar-refractivity contribution is 7.92. The van der Waals surface area contributed by atoms with E-state index in [9.17, 15) is 18.3 Å². The van der Waals surface area contributed by atoms with Gasteiger partial charge >= 0.3 is 6.03 Å².